The van der Waals surface area contributed by atoms with Gasteiger partial charge in [0.25, 0.3) is 0 Å². The predicted molar refractivity (Wildman–Crippen MR) is 323 cm³/mol. The van der Waals surface area contributed by atoms with Crippen LogP contribution in [0.1, 0.15) is 175 Å². The third-order valence-electron chi connectivity index (χ3n) is 15.8. The number of hydrogen-bond acceptors (Lipinski definition) is 0. The fourth-order valence-electron chi connectivity index (χ4n) is 11.4. The molecule has 0 fully saturated rings. The van der Waals surface area contributed by atoms with Crippen LogP contribution in [0.4, 0.5) is 0 Å². The first-order chi connectivity index (χ1) is 36.5. The average Bonchev–Trinajstić information content (AvgIpc) is 4.14. The Morgan fingerprint density at radius 2 is 1.01 bits per heavy atom. The normalized spacial score (nSPS) is 15.8. The molecular weight excluding hydrogens is 889 g/mol. The summed E-state index contributed by atoms with van der Waals surface area (Å²) in [5.41, 5.74) is 20.5. The Balaban J connectivity index is 1.09. The van der Waals surface area contributed by atoms with Crippen molar-refractivity contribution in [2.24, 2.45) is 5.92 Å². The molecule has 0 aromatic heterocycles. The van der Waals surface area contributed by atoms with E-state index in [-0.39, 0.29) is 11.8 Å². The lowest BCUT2D eigenvalue weighted by molar-refractivity contribution is 0.592. The van der Waals surface area contributed by atoms with Gasteiger partial charge in [-0.25, -0.2) is 0 Å². The maximum Gasteiger partial charge on any atom is 0.0305 e. The lowest BCUT2D eigenvalue weighted by Crippen LogP contribution is -2.06. The molecule has 0 N–H and O–H groups in total. The van der Waals surface area contributed by atoms with Crippen molar-refractivity contribution in [3.8, 4) is 22.3 Å². The van der Waals surface area contributed by atoms with Crippen molar-refractivity contribution in [1.82, 2.24) is 0 Å². The summed E-state index contributed by atoms with van der Waals surface area (Å²) in [6, 6.07) is 58.9. The van der Waals surface area contributed by atoms with Gasteiger partial charge in [0.15, 0.2) is 0 Å². The Labute approximate surface area is 448 Å². The first-order valence-corrected chi connectivity index (χ1v) is 28.8. The molecule has 0 saturated heterocycles. The van der Waals surface area contributed by atoms with Crippen LogP contribution in [0, 0.1) is 5.92 Å². The molecule has 3 atom stereocenters. The van der Waals surface area contributed by atoms with Crippen LogP contribution in [-0.4, -0.2) is 0 Å². The van der Waals surface area contributed by atoms with E-state index in [1.54, 1.807) is 0 Å². The van der Waals surface area contributed by atoms with Crippen LogP contribution in [0.25, 0.3) is 28.3 Å². The molecule has 0 nitrogen and oxygen atoms in total. The Hall–Kier alpha value is -6.50. The van der Waals surface area contributed by atoms with E-state index in [0.29, 0.717) is 5.92 Å². The summed E-state index contributed by atoms with van der Waals surface area (Å²) in [6.07, 6.45) is 41.8. The van der Waals surface area contributed by atoms with Gasteiger partial charge in [-0.2, -0.15) is 0 Å². The zero-order chi connectivity index (χ0) is 51.2. The number of hydrogen-bond donors (Lipinski definition) is 0. The molecule has 2 aliphatic carbocycles. The van der Waals surface area contributed by atoms with E-state index in [9.17, 15) is 0 Å². The molecule has 3 unspecified atom stereocenters. The van der Waals surface area contributed by atoms with Crippen LogP contribution in [0.5, 0.6) is 0 Å². The molecule has 6 aromatic carbocycles. The van der Waals surface area contributed by atoms with E-state index in [2.05, 4.69) is 228 Å². The summed E-state index contributed by atoms with van der Waals surface area (Å²) in [7, 11) is 0. The summed E-state index contributed by atoms with van der Waals surface area (Å²) < 4.78 is 0. The summed E-state index contributed by atoms with van der Waals surface area (Å²) in [5.74, 6) is 0.852. The van der Waals surface area contributed by atoms with Crippen LogP contribution < -0.4 is 0 Å². The highest BCUT2D eigenvalue weighted by Gasteiger charge is 2.27. The number of unbranched alkanes of at least 4 members (excludes halogenated alkanes) is 11. The molecule has 0 saturated carbocycles. The third-order valence-corrected chi connectivity index (χ3v) is 15.8. The van der Waals surface area contributed by atoms with Gasteiger partial charge in [-0.1, -0.05) is 309 Å². The van der Waals surface area contributed by atoms with Crippen LogP contribution in [0.2, 0.25) is 0 Å². The molecule has 0 heterocycles. The van der Waals surface area contributed by atoms with Gasteiger partial charge in [-0.05, 0) is 130 Å². The zero-order valence-corrected chi connectivity index (χ0v) is 45.3. The minimum Gasteiger partial charge on any atom is -0.0985 e. The summed E-state index contributed by atoms with van der Waals surface area (Å²) in [6.45, 7) is 10.9. The highest BCUT2D eigenvalue weighted by molar-refractivity contribution is 5.66. The van der Waals surface area contributed by atoms with Crippen LogP contribution in [-0.2, 0) is 6.42 Å². The Kier molecular flexibility index (Phi) is 20.9. The number of benzene rings is 6. The molecule has 8 rings (SSSR count). The maximum absolute atomic E-state index is 4.05. The zero-order valence-electron chi connectivity index (χ0n) is 45.3. The third kappa shape index (κ3) is 15.1. The van der Waals surface area contributed by atoms with Gasteiger partial charge in [0.05, 0.1) is 0 Å². The molecule has 74 heavy (non-hydrogen) atoms. The van der Waals surface area contributed by atoms with Crippen molar-refractivity contribution in [3.63, 3.8) is 0 Å². The van der Waals surface area contributed by atoms with Crippen LogP contribution >= 0.6 is 0 Å². The molecule has 0 bridgehead atoms. The molecule has 0 radical (unpaired) electrons. The minimum absolute atomic E-state index is 0.184. The second-order valence-electron chi connectivity index (χ2n) is 21.2. The molecule has 0 spiro atoms. The van der Waals surface area contributed by atoms with E-state index in [4.69, 9.17) is 0 Å². The highest BCUT2D eigenvalue weighted by atomic mass is 14.3. The Bertz CT molecular complexity index is 2820. The van der Waals surface area contributed by atoms with E-state index in [1.807, 2.05) is 6.08 Å². The highest BCUT2D eigenvalue weighted by Crippen LogP contribution is 2.44. The number of aryl methyl sites for hydroxylation is 1. The monoisotopic (exact) mass is 973 g/mol. The van der Waals surface area contributed by atoms with Gasteiger partial charge >= 0.3 is 0 Å². The topological polar surface area (TPSA) is 0 Å². The standard InChI is InChI=1S/C74H84/c1-5-9-11-13-14-15-16-18-26-32-72(69-53-54-71(56-69)74(66-42-35-58(8-4)36-43-66)68-51-47-63(48-52-68)61-29-24-20-25-30-61)64(31-21-17-12-10-6-2)39-37-59-38-44-70(55-59)73(65-40-33-57(7-3)34-41-65)67-49-45-62(46-50-67)60-27-22-19-23-28-60/h7,19-20,22-30,32-37,39-54,59,73-74H,3,5-6,8-18,21,31,38,55-56H2,1-2,4H3. The quantitative estimate of drug-likeness (QED) is 0.0261. The van der Waals surface area contributed by atoms with Crippen molar-refractivity contribution in [2.75, 3.05) is 0 Å². The smallest absolute Gasteiger partial charge is 0.0305 e. The van der Waals surface area contributed by atoms with Crippen molar-refractivity contribution in [1.29, 1.82) is 0 Å². The first kappa shape index (κ1) is 53.8. The Morgan fingerprint density at radius 3 is 1.57 bits per heavy atom. The minimum atomic E-state index is 0.184. The van der Waals surface area contributed by atoms with Crippen molar-refractivity contribution < 1.29 is 0 Å². The Morgan fingerprint density at radius 1 is 0.514 bits per heavy atom. The molecule has 0 amide bonds. The van der Waals surface area contributed by atoms with E-state index < -0.39 is 0 Å². The van der Waals surface area contributed by atoms with Gasteiger partial charge in [0.1, 0.15) is 0 Å². The number of rotatable bonds is 28. The number of allylic oxidation sites excluding steroid dienone is 12. The molecule has 380 valence electrons. The maximum atomic E-state index is 4.05. The van der Waals surface area contributed by atoms with E-state index in [1.165, 1.54) is 155 Å². The molecule has 0 aliphatic heterocycles. The second kappa shape index (κ2) is 28.8. The second-order valence-corrected chi connectivity index (χ2v) is 21.2. The fraction of sp³-hybridized carbons (Fsp3) is 0.324. The van der Waals surface area contributed by atoms with Gasteiger partial charge < -0.3 is 0 Å². The lowest BCUT2D eigenvalue weighted by Gasteiger charge is -2.22. The average molecular weight is 973 g/mol. The summed E-state index contributed by atoms with van der Waals surface area (Å²) >= 11 is 0. The first-order valence-electron chi connectivity index (χ1n) is 28.8. The van der Waals surface area contributed by atoms with Crippen LogP contribution in [0.3, 0.4) is 0 Å². The van der Waals surface area contributed by atoms with Gasteiger partial charge in [0.2, 0.25) is 0 Å². The van der Waals surface area contributed by atoms with Gasteiger partial charge in [0, 0.05) is 11.8 Å². The SMILES string of the molecule is C=Cc1ccc(C(C2=CCC(C=CC(CCCCCCC)=C(C=CCCCCCCCCC)C3=CC=C(C(c4ccc(CC)cc4)c4ccc(-c5ccccc5)cc4)C3)C2)c2ccc(-c3ccccc3)cc2)cc1. The van der Waals surface area contributed by atoms with Gasteiger partial charge in [-0.15, -0.1) is 0 Å². The summed E-state index contributed by atoms with van der Waals surface area (Å²) in [4.78, 5) is 0. The molecular formula is C74H84. The summed E-state index contributed by atoms with van der Waals surface area (Å²) in [5, 5.41) is 0. The molecule has 2 aliphatic rings. The molecule has 6 aromatic rings. The predicted octanol–water partition coefficient (Wildman–Crippen LogP) is 21.7. The lowest BCUT2D eigenvalue weighted by atomic mass is 9.81. The van der Waals surface area contributed by atoms with Crippen molar-refractivity contribution in [3.05, 3.63) is 268 Å². The van der Waals surface area contributed by atoms with E-state index in [0.717, 1.165) is 44.1 Å². The molecule has 0 heteroatoms. The largest absolute Gasteiger partial charge is 0.0985 e. The van der Waals surface area contributed by atoms with Crippen molar-refractivity contribution >= 4 is 6.08 Å². The van der Waals surface area contributed by atoms with Crippen LogP contribution in [0.15, 0.2) is 235 Å². The fourth-order valence-corrected chi connectivity index (χ4v) is 11.4. The van der Waals surface area contributed by atoms with Gasteiger partial charge in [-0.3, -0.25) is 0 Å². The van der Waals surface area contributed by atoms with Crippen molar-refractivity contribution in [2.45, 2.75) is 148 Å². The van der Waals surface area contributed by atoms with E-state index >= 15 is 0 Å².